The Balaban J connectivity index is 2.76. The van der Waals surface area contributed by atoms with Gasteiger partial charge in [0.05, 0.1) is 11.3 Å². The lowest BCUT2D eigenvalue weighted by molar-refractivity contribution is 0.0533. The van der Waals surface area contributed by atoms with Gasteiger partial charge < -0.3 is 10.4 Å². The van der Waals surface area contributed by atoms with Gasteiger partial charge in [0.1, 0.15) is 5.15 Å². The van der Waals surface area contributed by atoms with E-state index in [0.29, 0.717) is 18.1 Å². The number of aliphatic hydroxyl groups is 1. The highest BCUT2D eigenvalue weighted by Crippen LogP contribution is 2.23. The summed E-state index contributed by atoms with van der Waals surface area (Å²) in [6.07, 6.45) is 0.495. The Morgan fingerprint density at radius 3 is 2.28 bits per heavy atom. The minimum atomic E-state index is -0.843. The molecule has 104 valence electrons. The van der Waals surface area contributed by atoms with E-state index >= 15 is 0 Å². The van der Waals surface area contributed by atoms with Crippen LogP contribution in [0.3, 0.4) is 0 Å². The number of nitrogens with zero attached hydrogens (tertiary/aromatic N) is 2. The first-order chi connectivity index (χ1) is 8.02. The van der Waals surface area contributed by atoms with Crippen molar-refractivity contribution in [2.24, 2.45) is 7.05 Å². The van der Waals surface area contributed by atoms with Gasteiger partial charge in [0, 0.05) is 31.1 Å². The van der Waals surface area contributed by atoms with Gasteiger partial charge in [0.15, 0.2) is 0 Å². The third-order valence-electron chi connectivity index (χ3n) is 2.83. The first-order valence-electron chi connectivity index (χ1n) is 6.17. The van der Waals surface area contributed by atoms with Gasteiger partial charge in [-0.2, -0.15) is 5.10 Å². The van der Waals surface area contributed by atoms with E-state index in [0.717, 1.165) is 11.3 Å². The van der Waals surface area contributed by atoms with E-state index in [4.69, 9.17) is 11.6 Å². The molecule has 1 aromatic heterocycles. The van der Waals surface area contributed by atoms with Gasteiger partial charge in [-0.25, -0.2) is 0 Å². The lowest BCUT2D eigenvalue weighted by Gasteiger charge is -2.29. The molecule has 0 aliphatic carbocycles. The predicted octanol–water partition coefficient (Wildman–Crippen LogP) is 2.06. The van der Waals surface area contributed by atoms with Crippen LogP contribution in [0, 0.1) is 6.92 Å². The van der Waals surface area contributed by atoms with E-state index in [9.17, 15) is 5.11 Å². The maximum absolute atomic E-state index is 10.4. The molecule has 0 aromatic carbocycles. The molecule has 1 atom stereocenters. The van der Waals surface area contributed by atoms with Crippen molar-refractivity contribution in [1.29, 1.82) is 0 Å². The van der Waals surface area contributed by atoms with Crippen molar-refractivity contribution in [3.63, 3.8) is 0 Å². The van der Waals surface area contributed by atoms with E-state index < -0.39 is 5.60 Å². The molecule has 0 aliphatic heterocycles. The van der Waals surface area contributed by atoms with Gasteiger partial charge in [-0.05, 0) is 34.6 Å². The predicted molar refractivity (Wildman–Crippen MR) is 75.0 cm³/mol. The highest BCUT2D eigenvalue weighted by atomic mass is 35.5. The summed E-state index contributed by atoms with van der Waals surface area (Å²) in [4.78, 5) is 0. The minimum Gasteiger partial charge on any atom is -0.389 e. The highest BCUT2D eigenvalue weighted by Gasteiger charge is 2.26. The average Bonchev–Trinajstić information content (AvgIpc) is 2.41. The zero-order valence-electron chi connectivity index (χ0n) is 12.1. The maximum Gasteiger partial charge on any atom is 0.130 e. The second-order valence-electron chi connectivity index (χ2n) is 6.26. The van der Waals surface area contributed by atoms with Crippen molar-refractivity contribution >= 4 is 11.6 Å². The van der Waals surface area contributed by atoms with Crippen LogP contribution >= 0.6 is 11.6 Å². The SMILES string of the molecule is Cc1nn(C)c(Cl)c1CC(C)(O)CNC(C)(C)C. The molecule has 0 spiro atoms. The standard InChI is InChI=1S/C13H24ClN3O/c1-9-10(11(14)17(6)16-9)7-13(5,18)8-15-12(2,3)4/h15,18H,7-8H2,1-6H3. The first kappa shape index (κ1) is 15.5. The zero-order chi connectivity index (χ0) is 14.1. The smallest absolute Gasteiger partial charge is 0.130 e. The van der Waals surface area contributed by atoms with E-state index in [-0.39, 0.29) is 5.54 Å². The largest absolute Gasteiger partial charge is 0.389 e. The maximum atomic E-state index is 10.4. The van der Waals surface area contributed by atoms with Crippen LogP contribution in [0.2, 0.25) is 5.15 Å². The van der Waals surface area contributed by atoms with Crippen LogP contribution in [0.5, 0.6) is 0 Å². The quantitative estimate of drug-likeness (QED) is 0.883. The molecule has 4 nitrogen and oxygen atoms in total. The zero-order valence-corrected chi connectivity index (χ0v) is 12.9. The topological polar surface area (TPSA) is 50.1 Å². The Hall–Kier alpha value is -0.580. The van der Waals surface area contributed by atoms with Gasteiger partial charge >= 0.3 is 0 Å². The molecule has 0 bridgehead atoms. The third-order valence-corrected chi connectivity index (χ3v) is 3.30. The summed E-state index contributed by atoms with van der Waals surface area (Å²) >= 11 is 6.18. The Morgan fingerprint density at radius 1 is 1.33 bits per heavy atom. The molecule has 5 heteroatoms. The number of aromatic nitrogens is 2. The minimum absolute atomic E-state index is 0.0161. The molecule has 1 unspecified atom stereocenters. The Labute approximate surface area is 114 Å². The van der Waals surface area contributed by atoms with Gasteiger partial charge in [-0.15, -0.1) is 0 Å². The lowest BCUT2D eigenvalue weighted by Crippen LogP contribution is -2.47. The molecule has 0 fully saturated rings. The number of nitrogens with one attached hydrogen (secondary N) is 1. The normalized spacial score (nSPS) is 15.8. The van der Waals surface area contributed by atoms with Crippen molar-refractivity contribution in [3.05, 3.63) is 16.4 Å². The molecule has 0 amide bonds. The van der Waals surface area contributed by atoms with E-state index in [2.05, 4.69) is 31.2 Å². The van der Waals surface area contributed by atoms with Gasteiger partial charge in [0.25, 0.3) is 0 Å². The summed E-state index contributed by atoms with van der Waals surface area (Å²) in [5.41, 5.74) is 0.932. The molecule has 1 rings (SSSR count). The summed E-state index contributed by atoms with van der Waals surface area (Å²) in [7, 11) is 1.81. The molecule has 1 aromatic rings. The average molecular weight is 274 g/mol. The Kier molecular flexibility index (Phi) is 4.47. The molecule has 18 heavy (non-hydrogen) atoms. The summed E-state index contributed by atoms with van der Waals surface area (Å²) in [6, 6.07) is 0. The van der Waals surface area contributed by atoms with E-state index in [1.165, 1.54) is 0 Å². The summed E-state index contributed by atoms with van der Waals surface area (Å²) in [5.74, 6) is 0. The van der Waals surface area contributed by atoms with Gasteiger partial charge in [-0.3, -0.25) is 4.68 Å². The second-order valence-corrected chi connectivity index (χ2v) is 6.61. The fraction of sp³-hybridized carbons (Fsp3) is 0.769. The first-order valence-corrected chi connectivity index (χ1v) is 6.55. The number of halogens is 1. The van der Waals surface area contributed by atoms with Crippen LogP contribution in [0.25, 0.3) is 0 Å². The lowest BCUT2D eigenvalue weighted by atomic mass is 9.95. The van der Waals surface area contributed by atoms with Crippen LogP contribution in [0.4, 0.5) is 0 Å². The van der Waals surface area contributed by atoms with Gasteiger partial charge in [0.2, 0.25) is 0 Å². The van der Waals surface area contributed by atoms with Gasteiger partial charge in [-0.1, -0.05) is 11.6 Å². The molecule has 2 N–H and O–H groups in total. The molecular formula is C13H24ClN3O. The van der Waals surface area contributed by atoms with Crippen molar-refractivity contribution < 1.29 is 5.11 Å². The van der Waals surface area contributed by atoms with Crippen molar-refractivity contribution in [3.8, 4) is 0 Å². The van der Waals surface area contributed by atoms with E-state index in [1.54, 1.807) is 11.7 Å². The Bertz CT molecular complexity index is 419. The van der Waals surface area contributed by atoms with Crippen LogP contribution < -0.4 is 5.32 Å². The van der Waals surface area contributed by atoms with Crippen molar-refractivity contribution in [2.75, 3.05) is 6.54 Å². The molecule has 1 heterocycles. The fourth-order valence-corrected chi connectivity index (χ4v) is 2.01. The molecular weight excluding hydrogens is 250 g/mol. The highest BCUT2D eigenvalue weighted by molar-refractivity contribution is 6.30. The number of aryl methyl sites for hydroxylation is 2. The molecule has 0 radical (unpaired) electrons. The number of hydrogen-bond acceptors (Lipinski definition) is 3. The fourth-order valence-electron chi connectivity index (χ4n) is 1.77. The van der Waals surface area contributed by atoms with Crippen molar-refractivity contribution in [1.82, 2.24) is 15.1 Å². The van der Waals surface area contributed by atoms with Crippen LogP contribution in [-0.2, 0) is 13.5 Å². The number of β-amino-alcohol motifs (C(OH)–C–C–N with tert-alkyl or cyclic N) is 1. The second kappa shape index (κ2) is 5.19. The Morgan fingerprint density at radius 2 is 1.89 bits per heavy atom. The van der Waals surface area contributed by atoms with Crippen LogP contribution in [0.1, 0.15) is 39.0 Å². The summed E-state index contributed by atoms with van der Waals surface area (Å²) < 4.78 is 1.64. The van der Waals surface area contributed by atoms with Crippen LogP contribution in [-0.4, -0.2) is 32.6 Å². The number of rotatable bonds is 4. The summed E-state index contributed by atoms with van der Waals surface area (Å²) in [5, 5.41) is 18.6. The molecule has 0 aliphatic rings. The van der Waals surface area contributed by atoms with Crippen LogP contribution in [0.15, 0.2) is 0 Å². The molecule has 0 saturated carbocycles. The third kappa shape index (κ3) is 4.26. The van der Waals surface area contributed by atoms with E-state index in [1.807, 2.05) is 13.8 Å². The number of hydrogen-bond donors (Lipinski definition) is 2. The van der Waals surface area contributed by atoms with Crippen molar-refractivity contribution in [2.45, 2.75) is 52.2 Å². The summed E-state index contributed by atoms with van der Waals surface area (Å²) in [6.45, 7) is 10.5. The molecule has 0 saturated heterocycles. The monoisotopic (exact) mass is 273 g/mol.